The molecule has 0 aromatic heterocycles. The zero-order chi connectivity index (χ0) is 14.6. The summed E-state index contributed by atoms with van der Waals surface area (Å²) in [4.78, 5) is 21.4. The highest BCUT2D eigenvalue weighted by Crippen LogP contribution is 2.21. The molecule has 0 aliphatic carbocycles. The third-order valence-corrected chi connectivity index (χ3v) is 2.03. The maximum absolute atomic E-state index is 8.56. The first-order valence-electron chi connectivity index (χ1n) is 4.67. The van der Waals surface area contributed by atoms with Gasteiger partial charge < -0.3 is 20.4 Å². The predicted molar refractivity (Wildman–Crippen MR) is 58.6 cm³/mol. The quantitative estimate of drug-likeness (QED) is 0.382. The van der Waals surface area contributed by atoms with E-state index in [2.05, 4.69) is 18.7 Å². The fourth-order valence-corrected chi connectivity index (χ4v) is 0.582. The largest absolute Gasteiger partial charge is 0.503 e. The number of carboxylic acid groups (broad SMARTS) is 4. The fourth-order valence-electron chi connectivity index (χ4n) is 0.582. The van der Waals surface area contributed by atoms with E-state index in [1.807, 2.05) is 13.8 Å². The lowest BCUT2D eigenvalue weighted by molar-refractivity contribution is -0.325. The molecule has 1 atom stereocenters. The van der Waals surface area contributed by atoms with E-state index in [-0.39, 0.29) is 0 Å². The summed E-state index contributed by atoms with van der Waals surface area (Å²) in [6.07, 6.45) is -2.65. The van der Waals surface area contributed by atoms with Crippen LogP contribution in [0, 0.1) is 5.92 Å². The first-order chi connectivity index (χ1) is 7.51. The van der Waals surface area contributed by atoms with Gasteiger partial charge in [-0.15, -0.1) is 0 Å². The summed E-state index contributed by atoms with van der Waals surface area (Å²) >= 11 is 0. The highest BCUT2D eigenvalue weighted by Gasteiger charge is 2.25. The third-order valence-electron chi connectivity index (χ3n) is 2.03. The molecule has 1 unspecified atom stereocenters. The van der Waals surface area contributed by atoms with Crippen LogP contribution in [0.15, 0.2) is 0 Å². The molecule has 0 rings (SSSR count). The maximum atomic E-state index is 8.56. The Bertz CT molecular complexity index is 193. The highest BCUT2D eigenvalue weighted by atomic mass is 17.1. The van der Waals surface area contributed by atoms with Crippen LogP contribution in [-0.2, 0) is 4.89 Å². The molecule has 0 spiro atoms. The van der Waals surface area contributed by atoms with Gasteiger partial charge in [0, 0.05) is 0 Å². The molecule has 5 N–H and O–H groups in total. The van der Waals surface area contributed by atoms with Gasteiger partial charge in [0.2, 0.25) is 0 Å². The lowest BCUT2D eigenvalue weighted by atomic mass is 9.91. The highest BCUT2D eigenvalue weighted by molar-refractivity contribution is 5.53. The molecule has 0 amide bonds. The molecule has 17 heavy (non-hydrogen) atoms. The van der Waals surface area contributed by atoms with Crippen LogP contribution in [-0.4, -0.2) is 43.6 Å². The van der Waals surface area contributed by atoms with Gasteiger partial charge in [-0.05, 0) is 19.8 Å². The Morgan fingerprint density at radius 2 is 1.35 bits per heavy atom. The lowest BCUT2D eigenvalue weighted by Gasteiger charge is -2.26. The van der Waals surface area contributed by atoms with E-state index in [0.29, 0.717) is 5.92 Å². The molecule has 0 radical (unpaired) electrons. The van der Waals surface area contributed by atoms with Crippen molar-refractivity contribution < 1.29 is 40.2 Å². The third kappa shape index (κ3) is 25.1. The molecule has 8 heteroatoms. The van der Waals surface area contributed by atoms with Crippen LogP contribution in [0.4, 0.5) is 9.59 Å². The van der Waals surface area contributed by atoms with Gasteiger partial charge in [-0.3, -0.25) is 5.26 Å². The molecular weight excluding hydrogens is 236 g/mol. The molecule has 0 fully saturated rings. The summed E-state index contributed by atoms with van der Waals surface area (Å²) in [6.45, 7) is 7.88. The van der Waals surface area contributed by atoms with Crippen molar-refractivity contribution in [1.29, 1.82) is 0 Å². The standard InChI is InChI=1S/C7H16O2.2CH2O3/c1-5-6(2)7(3,4)9-8;2*2-1(3)4/h6,8H,5H2,1-4H3;2*(H2,2,3,4). The second kappa shape index (κ2) is 11.0. The van der Waals surface area contributed by atoms with E-state index in [1.165, 1.54) is 0 Å². The Hall–Kier alpha value is -1.54. The monoisotopic (exact) mass is 256 g/mol. The zero-order valence-corrected chi connectivity index (χ0v) is 10.2. The molecule has 0 aliphatic rings. The van der Waals surface area contributed by atoms with Gasteiger partial charge in [0.1, 0.15) is 5.60 Å². The number of hydrogen-bond donors (Lipinski definition) is 5. The Morgan fingerprint density at radius 3 is 1.41 bits per heavy atom. The van der Waals surface area contributed by atoms with Crippen molar-refractivity contribution in [2.45, 2.75) is 39.7 Å². The van der Waals surface area contributed by atoms with Crippen LogP contribution in [0.2, 0.25) is 0 Å². The van der Waals surface area contributed by atoms with Crippen molar-refractivity contribution in [3.05, 3.63) is 0 Å². The Morgan fingerprint density at radius 1 is 1.12 bits per heavy atom. The second-order valence-electron chi connectivity index (χ2n) is 3.57. The van der Waals surface area contributed by atoms with E-state index in [0.717, 1.165) is 6.42 Å². The maximum Gasteiger partial charge on any atom is 0.503 e. The second-order valence-corrected chi connectivity index (χ2v) is 3.57. The zero-order valence-electron chi connectivity index (χ0n) is 10.2. The average molecular weight is 256 g/mol. The minimum Gasteiger partial charge on any atom is -0.450 e. The number of rotatable bonds is 3. The van der Waals surface area contributed by atoms with Crippen LogP contribution in [0.1, 0.15) is 34.1 Å². The first-order valence-corrected chi connectivity index (χ1v) is 4.67. The Balaban J connectivity index is -0.000000205. The minimum atomic E-state index is -1.83. The molecule has 8 nitrogen and oxygen atoms in total. The number of hydrogen-bond acceptors (Lipinski definition) is 4. The van der Waals surface area contributed by atoms with E-state index >= 15 is 0 Å². The van der Waals surface area contributed by atoms with Crippen molar-refractivity contribution >= 4 is 12.3 Å². The molecule has 0 bridgehead atoms. The van der Waals surface area contributed by atoms with Crippen molar-refractivity contribution in [1.82, 2.24) is 0 Å². The summed E-state index contributed by atoms with van der Waals surface area (Å²) in [5.74, 6) is 0.391. The van der Waals surface area contributed by atoms with E-state index in [4.69, 9.17) is 35.3 Å². The van der Waals surface area contributed by atoms with Crippen molar-refractivity contribution in [3.63, 3.8) is 0 Å². The summed E-state index contributed by atoms with van der Waals surface area (Å²) in [5.41, 5.74) is -0.394. The lowest BCUT2D eigenvalue weighted by Crippen LogP contribution is -2.30. The first kappa shape index (κ1) is 20.8. The summed E-state index contributed by atoms with van der Waals surface area (Å²) < 4.78 is 0. The van der Waals surface area contributed by atoms with Gasteiger partial charge in [-0.25, -0.2) is 14.5 Å². The molecule has 0 aromatic rings. The van der Waals surface area contributed by atoms with E-state index in [1.54, 1.807) is 0 Å². The summed E-state index contributed by atoms with van der Waals surface area (Å²) in [7, 11) is 0. The van der Waals surface area contributed by atoms with E-state index in [9.17, 15) is 0 Å². The fraction of sp³-hybridized carbons (Fsp3) is 0.778. The summed E-state index contributed by atoms with van der Waals surface area (Å²) in [5, 5.41) is 36.3. The van der Waals surface area contributed by atoms with Gasteiger partial charge in [0.15, 0.2) is 0 Å². The van der Waals surface area contributed by atoms with Gasteiger partial charge in [-0.1, -0.05) is 20.3 Å². The van der Waals surface area contributed by atoms with E-state index < -0.39 is 17.9 Å². The average Bonchev–Trinajstić information content (AvgIpc) is 2.14. The van der Waals surface area contributed by atoms with Gasteiger partial charge in [0.25, 0.3) is 0 Å². The molecule has 0 heterocycles. The van der Waals surface area contributed by atoms with Gasteiger partial charge in [0.05, 0.1) is 0 Å². The van der Waals surface area contributed by atoms with Crippen LogP contribution in [0.3, 0.4) is 0 Å². The number of carbonyl (C=O) groups is 2. The van der Waals surface area contributed by atoms with Gasteiger partial charge >= 0.3 is 12.3 Å². The van der Waals surface area contributed by atoms with Crippen LogP contribution in [0.25, 0.3) is 0 Å². The molecule has 0 aliphatic heterocycles. The Kier molecular flexibility index (Phi) is 13.4. The normalized spacial score (nSPS) is 11.1. The predicted octanol–water partition coefficient (Wildman–Crippen LogP) is 2.75. The van der Waals surface area contributed by atoms with Gasteiger partial charge in [-0.2, -0.15) is 0 Å². The van der Waals surface area contributed by atoms with Crippen LogP contribution >= 0.6 is 0 Å². The molecule has 0 saturated heterocycles. The minimum absolute atomic E-state index is 0.391. The molecule has 0 aromatic carbocycles. The summed E-state index contributed by atoms with van der Waals surface area (Å²) in [6, 6.07) is 0. The smallest absolute Gasteiger partial charge is 0.450 e. The SMILES string of the molecule is CCC(C)C(C)(C)OO.O=C(O)O.O=C(O)O. The van der Waals surface area contributed by atoms with Crippen LogP contribution in [0.5, 0.6) is 0 Å². The van der Waals surface area contributed by atoms with Crippen molar-refractivity contribution in [3.8, 4) is 0 Å². The van der Waals surface area contributed by atoms with Crippen LogP contribution < -0.4 is 0 Å². The Labute approximate surface area is 99.0 Å². The molecule has 0 saturated carbocycles. The van der Waals surface area contributed by atoms with Crippen molar-refractivity contribution in [2.75, 3.05) is 0 Å². The molecular formula is C9H20O8. The topological polar surface area (TPSA) is 145 Å². The molecule has 104 valence electrons. The van der Waals surface area contributed by atoms with Crippen molar-refractivity contribution in [2.24, 2.45) is 5.92 Å².